The van der Waals surface area contributed by atoms with Crippen LogP contribution in [0.25, 0.3) is 0 Å². The molecule has 0 bridgehead atoms. The van der Waals surface area contributed by atoms with Crippen molar-refractivity contribution in [3.05, 3.63) is 0 Å². The predicted octanol–water partition coefficient (Wildman–Crippen LogP) is 5.07. The summed E-state index contributed by atoms with van der Waals surface area (Å²) in [6, 6.07) is 0. The van der Waals surface area contributed by atoms with Gasteiger partial charge in [0, 0.05) is 15.2 Å². The van der Waals surface area contributed by atoms with E-state index in [1.54, 1.807) is 0 Å². The highest BCUT2D eigenvalue weighted by molar-refractivity contribution is 9.17. The van der Waals surface area contributed by atoms with Gasteiger partial charge < -0.3 is 0 Å². The maximum absolute atomic E-state index is 6.38. The Morgan fingerprint density at radius 2 is 1.83 bits per heavy atom. The van der Waals surface area contributed by atoms with E-state index in [-0.39, 0.29) is 0 Å². The molecule has 0 nitrogen and oxygen atoms in total. The van der Waals surface area contributed by atoms with Crippen LogP contribution in [0.1, 0.15) is 71.1 Å². The highest BCUT2D eigenvalue weighted by Crippen LogP contribution is 2.66. The smallest absolute Gasteiger partial charge is 0.0381 e. The summed E-state index contributed by atoms with van der Waals surface area (Å²) in [6.45, 7) is 2.41. The van der Waals surface area contributed by atoms with Crippen molar-refractivity contribution in [2.24, 2.45) is 0 Å². The van der Waals surface area contributed by atoms with Crippen LogP contribution >= 0.6 is 20.6 Å². The number of fused-ring (bicyclic) bond motifs is 1. The van der Waals surface area contributed by atoms with Gasteiger partial charge in [-0.3, -0.25) is 0 Å². The van der Waals surface area contributed by atoms with Gasteiger partial charge in [0.2, 0.25) is 0 Å². The van der Waals surface area contributed by atoms with E-state index in [1.807, 2.05) is 0 Å². The third-order valence-corrected chi connectivity index (χ3v) is 19.8. The average Bonchev–Trinajstić information content (AvgIpc) is 2.76. The topological polar surface area (TPSA) is 0 Å². The van der Waals surface area contributed by atoms with Gasteiger partial charge in [-0.1, -0.05) is 61.0 Å². The van der Waals surface area contributed by atoms with Crippen molar-refractivity contribution in [3.63, 3.8) is 0 Å². The first-order valence-electron chi connectivity index (χ1n) is 7.68. The van der Waals surface area contributed by atoms with Crippen LogP contribution in [0.5, 0.6) is 0 Å². The van der Waals surface area contributed by atoms with Crippen molar-refractivity contribution in [1.82, 2.24) is 0 Å². The van der Waals surface area contributed by atoms with Gasteiger partial charge in [0.05, 0.1) is 0 Å². The summed E-state index contributed by atoms with van der Waals surface area (Å²) in [5.41, 5.74) is 0. The maximum Gasteiger partial charge on any atom is 0.0381 e. The van der Waals surface area contributed by atoms with Crippen molar-refractivity contribution >= 4 is 39.4 Å². The van der Waals surface area contributed by atoms with Crippen LogP contribution in [0.4, 0.5) is 0 Å². The lowest BCUT2D eigenvalue weighted by Gasteiger charge is -2.45. The maximum atomic E-state index is 6.38. The molecular weight excluding hydrogens is 296 g/mol. The number of thiol groups is 1. The van der Waals surface area contributed by atoms with E-state index < -0.39 is 7.62 Å². The second kappa shape index (κ2) is 5.57. The summed E-state index contributed by atoms with van der Waals surface area (Å²) >= 11 is 6.38. The molecule has 3 aliphatic rings. The lowest BCUT2D eigenvalue weighted by molar-refractivity contribution is 0.398. The summed E-state index contributed by atoms with van der Waals surface area (Å²) in [7, 11) is 3.31. The zero-order valence-corrected chi connectivity index (χ0v) is 14.7. The molecule has 106 valence electrons. The third kappa shape index (κ3) is 2.23. The van der Waals surface area contributed by atoms with Crippen LogP contribution in [0.3, 0.4) is 0 Å². The van der Waals surface area contributed by atoms with Crippen molar-refractivity contribution in [2.45, 2.75) is 86.4 Å². The monoisotopic (exact) mass is 322 g/mol. The van der Waals surface area contributed by atoms with Gasteiger partial charge in [-0.05, 0) is 41.9 Å². The lowest BCUT2D eigenvalue weighted by Crippen LogP contribution is -2.46. The Labute approximate surface area is 125 Å². The first-order chi connectivity index (χ1) is 8.71. The molecule has 2 saturated carbocycles. The van der Waals surface area contributed by atoms with Crippen LogP contribution in [0, 0.1) is 0 Å². The molecule has 0 radical (unpaired) electrons. The molecule has 2 aliphatic carbocycles. The van der Waals surface area contributed by atoms with E-state index in [2.05, 4.69) is 27.5 Å². The molecule has 0 aromatic rings. The summed E-state index contributed by atoms with van der Waals surface area (Å²) in [4.78, 5) is 0. The normalized spacial score (nSPS) is 42.4. The fraction of sp³-hybridized carbons (Fsp3) is 1.00. The predicted molar refractivity (Wildman–Crippen MR) is 93.5 cm³/mol. The molecule has 0 aromatic carbocycles. The van der Waals surface area contributed by atoms with Gasteiger partial charge in [-0.15, -0.1) is 7.62 Å². The summed E-state index contributed by atoms with van der Waals surface area (Å²) in [5.74, 6) is 0. The second-order valence-corrected chi connectivity index (χ2v) is 16.7. The Morgan fingerprint density at radius 3 is 2.56 bits per heavy atom. The summed E-state index contributed by atoms with van der Waals surface area (Å²) in [6.07, 6.45) is 14.5. The summed E-state index contributed by atoms with van der Waals surface area (Å²) < 4.78 is 0.593. The van der Waals surface area contributed by atoms with Gasteiger partial charge >= 0.3 is 0 Å². The number of hydrogen-bond donors (Lipinski definition) is 1. The van der Waals surface area contributed by atoms with E-state index >= 15 is 0 Å². The zero-order chi connectivity index (χ0) is 12.6. The van der Waals surface area contributed by atoms with Gasteiger partial charge in [-0.2, -0.15) is 0 Å². The Bertz CT molecular complexity index is 348. The van der Waals surface area contributed by atoms with Gasteiger partial charge in [0.25, 0.3) is 0 Å². The van der Waals surface area contributed by atoms with Gasteiger partial charge in [0.15, 0.2) is 0 Å². The van der Waals surface area contributed by atoms with Crippen LogP contribution < -0.4 is 0 Å². The third-order valence-electron chi connectivity index (χ3n) is 5.37. The minimum absolute atomic E-state index is 0.593. The largest absolute Gasteiger partial charge is 0.148 e. The molecule has 4 heteroatoms. The van der Waals surface area contributed by atoms with E-state index in [1.165, 1.54) is 64.2 Å². The van der Waals surface area contributed by atoms with Crippen molar-refractivity contribution < 1.29 is 0 Å². The average molecular weight is 323 g/mol. The minimum Gasteiger partial charge on any atom is -0.148 e. The minimum atomic E-state index is -1.15. The van der Waals surface area contributed by atoms with Gasteiger partial charge in [0.1, 0.15) is 0 Å². The fourth-order valence-electron chi connectivity index (χ4n) is 4.21. The van der Waals surface area contributed by atoms with Gasteiger partial charge in [-0.25, -0.2) is 0 Å². The SMILES string of the molecule is CCC12CCCCC1[SH](=S)(C1CCCCC1)SS2. The molecule has 1 aliphatic heterocycles. The molecule has 0 amide bonds. The molecule has 3 fully saturated rings. The van der Waals surface area contributed by atoms with Crippen molar-refractivity contribution in [3.8, 4) is 0 Å². The molecule has 1 saturated heterocycles. The standard InChI is InChI=1S/C14H26S4/c1-2-14-11-7-6-10-13(14)18(15,17-16-14)12-8-4-3-5-9-12/h12-13,18H,2-11H2,1H3. The highest BCUT2D eigenvalue weighted by Gasteiger charge is 2.53. The Kier molecular flexibility index (Phi) is 4.40. The van der Waals surface area contributed by atoms with E-state index in [0.717, 1.165) is 10.5 Å². The highest BCUT2D eigenvalue weighted by atomic mass is 33.6. The Hall–Kier alpha value is 1.27. The van der Waals surface area contributed by atoms with Crippen LogP contribution in [-0.2, 0) is 18.8 Å². The second-order valence-electron chi connectivity index (χ2n) is 6.27. The molecular formula is C14H26S4. The van der Waals surface area contributed by atoms with Crippen molar-refractivity contribution in [2.75, 3.05) is 0 Å². The molecule has 2 unspecified atom stereocenters. The van der Waals surface area contributed by atoms with Crippen LogP contribution in [0.2, 0.25) is 0 Å². The van der Waals surface area contributed by atoms with E-state index in [9.17, 15) is 0 Å². The van der Waals surface area contributed by atoms with Crippen molar-refractivity contribution in [1.29, 1.82) is 0 Å². The molecule has 1 heterocycles. The lowest BCUT2D eigenvalue weighted by atomic mass is 9.86. The fourth-order valence-corrected chi connectivity index (χ4v) is 20.4. The molecule has 0 N–H and O–H groups in total. The number of hydrogen-bond acceptors (Lipinski definition) is 3. The Morgan fingerprint density at radius 1 is 1.11 bits per heavy atom. The van der Waals surface area contributed by atoms with Crippen LogP contribution in [-0.4, -0.2) is 15.2 Å². The quantitative estimate of drug-likeness (QED) is 0.557. The molecule has 0 spiro atoms. The number of rotatable bonds is 2. The first-order valence-corrected chi connectivity index (χ1v) is 13.4. The zero-order valence-electron chi connectivity index (χ0n) is 11.4. The van der Waals surface area contributed by atoms with E-state index in [4.69, 9.17) is 11.2 Å². The molecule has 3 rings (SSSR count). The molecule has 0 aromatic heterocycles. The molecule has 2 atom stereocenters. The molecule has 18 heavy (non-hydrogen) atoms. The van der Waals surface area contributed by atoms with Crippen LogP contribution in [0.15, 0.2) is 0 Å². The first kappa shape index (κ1) is 14.2. The summed E-state index contributed by atoms with van der Waals surface area (Å²) in [5, 5.41) is 1.87. The Balaban J connectivity index is 1.86. The van der Waals surface area contributed by atoms with E-state index in [0.29, 0.717) is 4.75 Å².